The molecule has 0 fully saturated rings. The normalized spacial score (nSPS) is 14.6. The summed E-state index contributed by atoms with van der Waals surface area (Å²) in [6, 6.07) is 21.6. The number of halogens is 1. The molecule has 4 aromatic carbocycles. The number of fused-ring (bicyclic) bond motifs is 4. The number of hydrogen-bond acceptors (Lipinski definition) is 4. The predicted molar refractivity (Wildman–Crippen MR) is 157 cm³/mol. The Balaban J connectivity index is 1.36. The average Bonchev–Trinajstić information content (AvgIpc) is 3.47. The number of aryl methyl sites for hydroxylation is 2. The molecule has 0 radical (unpaired) electrons. The average molecular weight is 539 g/mol. The van der Waals surface area contributed by atoms with Crippen LogP contribution in [0.15, 0.2) is 72.8 Å². The molecule has 39 heavy (non-hydrogen) atoms. The first-order valence-corrected chi connectivity index (χ1v) is 13.2. The minimum atomic E-state index is -0.262. The number of benzene rings is 4. The van der Waals surface area contributed by atoms with Crippen LogP contribution in [0.25, 0.3) is 21.7 Å². The number of nitrogens with one attached hydrogen (secondary N) is 1. The summed E-state index contributed by atoms with van der Waals surface area (Å²) in [6.07, 6.45) is 0. The monoisotopic (exact) mass is 538 g/mol. The second-order valence-electron chi connectivity index (χ2n) is 10.0. The maximum atomic E-state index is 13.8. The summed E-state index contributed by atoms with van der Waals surface area (Å²) in [5, 5.41) is 16.2. The van der Waals surface area contributed by atoms with Crippen LogP contribution in [0.3, 0.4) is 0 Å². The van der Waals surface area contributed by atoms with E-state index in [4.69, 9.17) is 17.3 Å². The van der Waals surface area contributed by atoms with E-state index < -0.39 is 0 Å². The van der Waals surface area contributed by atoms with E-state index in [0.29, 0.717) is 40.7 Å². The number of phenols is 1. The Morgan fingerprint density at radius 3 is 2.59 bits per heavy atom. The standard InChI is InChI=1S/C31H27ClN4O3/c1-17-4-3-5-23-27(37)14-25-29(28(17)23)20(15-32)16-36(25)31(39)18-6-11-24-19(12-18)13-26(35(24)2)30(38)34-22-9-7-21(33)8-10-22/h3-14,20,37H,15-16,33H2,1-2H3,(H,34,38). The van der Waals surface area contributed by atoms with Gasteiger partial charge in [-0.2, -0.15) is 0 Å². The van der Waals surface area contributed by atoms with Crippen LogP contribution in [0.2, 0.25) is 0 Å². The molecule has 1 aliphatic rings. The molecule has 8 heteroatoms. The molecule has 2 heterocycles. The number of hydrogen-bond donors (Lipinski definition) is 3. The highest BCUT2D eigenvalue weighted by atomic mass is 35.5. The molecule has 0 spiro atoms. The minimum absolute atomic E-state index is 0.0566. The van der Waals surface area contributed by atoms with Gasteiger partial charge in [-0.05, 0) is 72.0 Å². The number of nitrogens with two attached hydrogens (primary N) is 1. The van der Waals surface area contributed by atoms with Crippen LogP contribution in [0, 0.1) is 6.92 Å². The summed E-state index contributed by atoms with van der Waals surface area (Å²) in [4.78, 5) is 28.6. The fourth-order valence-corrected chi connectivity index (χ4v) is 5.89. The molecule has 2 amide bonds. The van der Waals surface area contributed by atoms with Gasteiger partial charge in [0.05, 0.1) is 5.69 Å². The van der Waals surface area contributed by atoms with Crippen LogP contribution in [-0.2, 0) is 7.05 Å². The fraction of sp³-hybridized carbons (Fsp3) is 0.161. The predicted octanol–water partition coefficient (Wildman–Crippen LogP) is 6.16. The summed E-state index contributed by atoms with van der Waals surface area (Å²) < 4.78 is 1.80. The summed E-state index contributed by atoms with van der Waals surface area (Å²) in [7, 11) is 1.82. The molecule has 1 unspecified atom stereocenters. The van der Waals surface area contributed by atoms with Crippen molar-refractivity contribution in [2.75, 3.05) is 28.4 Å². The van der Waals surface area contributed by atoms with Crippen molar-refractivity contribution >= 4 is 62.2 Å². The van der Waals surface area contributed by atoms with Crippen LogP contribution < -0.4 is 16.0 Å². The van der Waals surface area contributed by atoms with E-state index in [1.807, 2.05) is 38.2 Å². The SMILES string of the molecule is Cc1cccc2c(O)cc3c(c12)C(CCl)CN3C(=O)c1ccc2c(c1)cc(C(=O)Nc1ccc(N)cc1)n2C. The number of nitrogen functional groups attached to an aromatic ring is 1. The van der Waals surface area contributed by atoms with Crippen molar-refractivity contribution in [3.05, 3.63) is 95.2 Å². The van der Waals surface area contributed by atoms with Gasteiger partial charge in [-0.15, -0.1) is 11.6 Å². The first kappa shape index (κ1) is 24.8. The maximum Gasteiger partial charge on any atom is 0.272 e. The number of aromatic hydroxyl groups is 1. The number of amides is 2. The topological polar surface area (TPSA) is 101 Å². The quantitative estimate of drug-likeness (QED) is 0.188. The molecule has 0 saturated carbocycles. The molecule has 1 aliphatic heterocycles. The summed E-state index contributed by atoms with van der Waals surface area (Å²) in [5.41, 5.74) is 11.5. The Kier molecular flexibility index (Phi) is 5.96. The van der Waals surface area contributed by atoms with Gasteiger partial charge in [0.15, 0.2) is 0 Å². The Labute approximate surface area is 230 Å². The number of carbonyl (C=O) groups is 2. The number of anilines is 3. The summed E-state index contributed by atoms with van der Waals surface area (Å²) in [5.74, 6) is -0.0122. The molecule has 7 nitrogen and oxygen atoms in total. The highest BCUT2D eigenvalue weighted by Gasteiger charge is 2.35. The van der Waals surface area contributed by atoms with Crippen LogP contribution in [0.5, 0.6) is 5.75 Å². The highest BCUT2D eigenvalue weighted by Crippen LogP contribution is 2.46. The van der Waals surface area contributed by atoms with Crippen molar-refractivity contribution < 1.29 is 14.7 Å². The molecule has 4 N–H and O–H groups in total. The Morgan fingerprint density at radius 1 is 1.08 bits per heavy atom. The number of carbonyl (C=O) groups excluding carboxylic acids is 2. The lowest BCUT2D eigenvalue weighted by atomic mass is 9.92. The van der Waals surface area contributed by atoms with Gasteiger partial charge in [0.1, 0.15) is 11.4 Å². The third kappa shape index (κ3) is 4.06. The molecule has 0 aliphatic carbocycles. The lowest BCUT2D eigenvalue weighted by Gasteiger charge is -2.19. The third-order valence-electron chi connectivity index (χ3n) is 7.59. The van der Waals surface area contributed by atoms with Gasteiger partial charge in [0, 0.05) is 64.7 Å². The third-order valence-corrected chi connectivity index (χ3v) is 7.96. The van der Waals surface area contributed by atoms with Crippen molar-refractivity contribution in [1.29, 1.82) is 0 Å². The first-order valence-electron chi connectivity index (χ1n) is 12.7. The lowest BCUT2D eigenvalue weighted by Crippen LogP contribution is -2.30. The Morgan fingerprint density at radius 2 is 1.85 bits per heavy atom. The largest absolute Gasteiger partial charge is 0.507 e. The van der Waals surface area contributed by atoms with E-state index in [-0.39, 0.29) is 23.5 Å². The van der Waals surface area contributed by atoms with E-state index in [1.54, 1.807) is 58.0 Å². The summed E-state index contributed by atoms with van der Waals surface area (Å²) in [6.45, 7) is 2.43. The molecule has 1 aromatic heterocycles. The molecular weight excluding hydrogens is 512 g/mol. The van der Waals surface area contributed by atoms with Crippen molar-refractivity contribution in [2.24, 2.45) is 7.05 Å². The lowest BCUT2D eigenvalue weighted by molar-refractivity contribution is 0.0986. The first-order chi connectivity index (χ1) is 18.8. The van der Waals surface area contributed by atoms with E-state index in [9.17, 15) is 14.7 Å². The van der Waals surface area contributed by atoms with Crippen LogP contribution in [0.1, 0.15) is 37.9 Å². The number of alkyl halides is 1. The van der Waals surface area contributed by atoms with Gasteiger partial charge in [0.25, 0.3) is 11.8 Å². The zero-order valence-electron chi connectivity index (χ0n) is 21.5. The molecule has 196 valence electrons. The van der Waals surface area contributed by atoms with Gasteiger partial charge in [0.2, 0.25) is 0 Å². The van der Waals surface area contributed by atoms with Gasteiger partial charge >= 0.3 is 0 Å². The molecule has 6 rings (SSSR count). The van der Waals surface area contributed by atoms with E-state index >= 15 is 0 Å². The van der Waals surface area contributed by atoms with Crippen molar-refractivity contribution in [2.45, 2.75) is 12.8 Å². The fourth-order valence-electron chi connectivity index (χ4n) is 5.63. The van der Waals surface area contributed by atoms with Gasteiger partial charge in [-0.3, -0.25) is 9.59 Å². The van der Waals surface area contributed by atoms with E-state index in [2.05, 4.69) is 5.32 Å². The molecule has 0 bridgehead atoms. The van der Waals surface area contributed by atoms with Crippen LogP contribution in [0.4, 0.5) is 17.1 Å². The zero-order chi connectivity index (χ0) is 27.4. The second-order valence-corrected chi connectivity index (χ2v) is 10.3. The zero-order valence-corrected chi connectivity index (χ0v) is 22.3. The minimum Gasteiger partial charge on any atom is -0.507 e. The van der Waals surface area contributed by atoms with Gasteiger partial charge < -0.3 is 25.6 Å². The summed E-state index contributed by atoms with van der Waals surface area (Å²) >= 11 is 6.39. The molecule has 5 aromatic rings. The molecule has 1 atom stereocenters. The highest BCUT2D eigenvalue weighted by molar-refractivity contribution is 6.19. The van der Waals surface area contributed by atoms with Gasteiger partial charge in [-0.1, -0.05) is 18.2 Å². The van der Waals surface area contributed by atoms with Crippen LogP contribution >= 0.6 is 11.6 Å². The molecular formula is C31H27ClN4O3. The second kappa shape index (κ2) is 9.36. The molecule has 0 saturated heterocycles. The van der Waals surface area contributed by atoms with E-state index in [1.165, 1.54) is 0 Å². The number of phenolic OH excluding ortho intramolecular Hbond substituents is 1. The maximum absolute atomic E-state index is 13.8. The van der Waals surface area contributed by atoms with Crippen LogP contribution in [-0.4, -0.2) is 33.9 Å². The van der Waals surface area contributed by atoms with Gasteiger partial charge in [-0.25, -0.2) is 0 Å². The number of aromatic nitrogens is 1. The number of rotatable bonds is 4. The van der Waals surface area contributed by atoms with Crippen molar-refractivity contribution in [1.82, 2.24) is 4.57 Å². The van der Waals surface area contributed by atoms with Crippen molar-refractivity contribution in [3.8, 4) is 5.75 Å². The number of nitrogens with zero attached hydrogens (tertiary/aromatic N) is 2. The van der Waals surface area contributed by atoms with Crippen molar-refractivity contribution in [3.63, 3.8) is 0 Å². The Bertz CT molecular complexity index is 1790. The van der Waals surface area contributed by atoms with E-state index in [0.717, 1.165) is 32.8 Å². The smallest absolute Gasteiger partial charge is 0.272 e. The Hall–Kier alpha value is -4.49.